The number of rotatable bonds is 14. The monoisotopic (exact) mass is 458 g/mol. The normalized spacial score (nSPS) is 29.2. The van der Waals surface area contributed by atoms with Crippen molar-refractivity contribution in [1.82, 2.24) is 0 Å². The van der Waals surface area contributed by atoms with Crippen molar-refractivity contribution in [2.24, 2.45) is 0 Å². The fourth-order valence-corrected chi connectivity index (χ4v) is 8.10. The molecule has 2 bridgehead atoms. The van der Waals surface area contributed by atoms with Crippen molar-refractivity contribution < 1.29 is 22.2 Å². The zero-order valence-electron chi connectivity index (χ0n) is 21.8. The van der Waals surface area contributed by atoms with Crippen LogP contribution in [0.5, 0.6) is 0 Å². The van der Waals surface area contributed by atoms with E-state index in [2.05, 4.69) is 42.0 Å². The lowest BCUT2D eigenvalue weighted by molar-refractivity contribution is -0.926. The minimum atomic E-state index is -2.52. The Morgan fingerprint density at radius 1 is 0.645 bits per heavy atom. The Morgan fingerprint density at radius 2 is 1.10 bits per heavy atom. The van der Waals surface area contributed by atoms with Crippen LogP contribution < -0.4 is 0 Å². The highest BCUT2D eigenvalue weighted by Gasteiger charge is 2.51. The standard InChI is InChI=1S/C25H54N2O3Si/c1-7-9-11-13-19-27(6,18-12-10-8-2)20-14-24-31-28-21-15-25(16-22-29-31,17-23-30-31)26(3,4)5/h7-24H2,1-6H3/q+2. The highest BCUT2D eigenvalue weighted by molar-refractivity contribution is 6.60. The van der Waals surface area contributed by atoms with Crippen LogP contribution in [-0.2, 0) is 13.3 Å². The van der Waals surface area contributed by atoms with Gasteiger partial charge in [-0.3, -0.25) is 0 Å². The van der Waals surface area contributed by atoms with Gasteiger partial charge in [-0.05, 0) is 25.7 Å². The maximum atomic E-state index is 6.47. The summed E-state index contributed by atoms with van der Waals surface area (Å²) in [6, 6.07) is 0.987. The van der Waals surface area contributed by atoms with Gasteiger partial charge in [-0.2, -0.15) is 0 Å². The molecule has 5 nitrogen and oxygen atoms in total. The molecule has 6 heteroatoms. The number of unbranched alkanes of at least 4 members (excludes halogenated alkanes) is 5. The summed E-state index contributed by atoms with van der Waals surface area (Å²) < 4.78 is 21.6. The van der Waals surface area contributed by atoms with Crippen molar-refractivity contribution in [3.8, 4) is 0 Å². The molecule has 3 heterocycles. The van der Waals surface area contributed by atoms with E-state index in [0.29, 0.717) is 0 Å². The summed E-state index contributed by atoms with van der Waals surface area (Å²) >= 11 is 0. The molecule has 31 heavy (non-hydrogen) atoms. The van der Waals surface area contributed by atoms with Gasteiger partial charge in [0.15, 0.2) is 0 Å². The first-order valence-corrected chi connectivity index (χ1v) is 15.2. The molecular formula is C25H54N2O3Si+2. The maximum absolute atomic E-state index is 6.47. The Kier molecular flexibility index (Phi) is 11.0. The Labute approximate surface area is 195 Å². The second-order valence-corrected chi connectivity index (χ2v) is 14.1. The number of hydrogen-bond donors (Lipinski definition) is 0. The van der Waals surface area contributed by atoms with Crippen molar-refractivity contribution in [3.63, 3.8) is 0 Å². The highest BCUT2D eigenvalue weighted by Crippen LogP contribution is 2.37. The zero-order chi connectivity index (χ0) is 22.8. The van der Waals surface area contributed by atoms with Gasteiger partial charge in [0, 0.05) is 51.5 Å². The van der Waals surface area contributed by atoms with Gasteiger partial charge in [-0.25, -0.2) is 0 Å². The topological polar surface area (TPSA) is 27.7 Å². The van der Waals surface area contributed by atoms with E-state index in [0.717, 1.165) is 56.0 Å². The van der Waals surface area contributed by atoms with Gasteiger partial charge < -0.3 is 22.2 Å². The molecule has 0 N–H and O–H groups in total. The third-order valence-corrected chi connectivity index (χ3v) is 11.0. The third kappa shape index (κ3) is 8.08. The second-order valence-electron chi connectivity index (χ2n) is 11.4. The molecule has 1 atom stereocenters. The molecule has 0 saturated carbocycles. The molecular weight excluding hydrogens is 404 g/mol. The van der Waals surface area contributed by atoms with E-state index in [1.165, 1.54) is 69.1 Å². The van der Waals surface area contributed by atoms with E-state index in [1.807, 2.05) is 0 Å². The Bertz CT molecular complexity index is 482. The molecule has 0 aromatic rings. The average Bonchev–Trinajstić information content (AvgIpc) is 2.65. The summed E-state index contributed by atoms with van der Waals surface area (Å²) in [6.45, 7) is 10.8. The fourth-order valence-electron chi connectivity index (χ4n) is 5.59. The second kappa shape index (κ2) is 12.5. The minimum absolute atomic E-state index is 0.216. The maximum Gasteiger partial charge on any atom is 0.501 e. The molecule has 3 saturated heterocycles. The third-order valence-electron chi connectivity index (χ3n) is 8.13. The van der Waals surface area contributed by atoms with Crippen LogP contribution in [0.3, 0.4) is 0 Å². The van der Waals surface area contributed by atoms with Gasteiger partial charge in [-0.1, -0.05) is 33.1 Å². The van der Waals surface area contributed by atoms with E-state index in [4.69, 9.17) is 13.3 Å². The van der Waals surface area contributed by atoms with E-state index in [1.54, 1.807) is 0 Å². The van der Waals surface area contributed by atoms with Crippen LogP contribution in [0, 0.1) is 0 Å². The minimum Gasteiger partial charge on any atom is -0.373 e. The summed E-state index contributed by atoms with van der Waals surface area (Å²) in [5.41, 5.74) is 0.216. The van der Waals surface area contributed by atoms with Crippen molar-refractivity contribution in [1.29, 1.82) is 0 Å². The van der Waals surface area contributed by atoms with Crippen LogP contribution in [0.1, 0.15) is 84.5 Å². The molecule has 0 spiro atoms. The first-order chi connectivity index (χ1) is 14.7. The van der Waals surface area contributed by atoms with Crippen LogP contribution in [0.2, 0.25) is 6.04 Å². The van der Waals surface area contributed by atoms with Crippen molar-refractivity contribution in [3.05, 3.63) is 0 Å². The number of fused-ring (bicyclic) bond motifs is 6. The van der Waals surface area contributed by atoms with Gasteiger partial charge in [0.05, 0.1) is 47.8 Å². The highest BCUT2D eigenvalue weighted by atomic mass is 28.4. The van der Waals surface area contributed by atoms with E-state index in [9.17, 15) is 0 Å². The van der Waals surface area contributed by atoms with E-state index < -0.39 is 8.80 Å². The first kappa shape index (κ1) is 27.3. The fraction of sp³-hybridized carbons (Fsp3) is 1.00. The molecule has 0 aromatic heterocycles. The quantitative estimate of drug-likeness (QED) is 0.203. The van der Waals surface area contributed by atoms with Crippen molar-refractivity contribution >= 4 is 8.80 Å². The Balaban J connectivity index is 1.92. The van der Waals surface area contributed by atoms with E-state index in [-0.39, 0.29) is 5.54 Å². The smallest absolute Gasteiger partial charge is 0.373 e. The van der Waals surface area contributed by atoms with E-state index >= 15 is 0 Å². The van der Waals surface area contributed by atoms with Crippen molar-refractivity contribution in [2.75, 3.05) is 67.6 Å². The summed E-state index contributed by atoms with van der Waals surface area (Å²) in [5, 5.41) is 0. The van der Waals surface area contributed by atoms with Gasteiger partial charge in [-0.15, -0.1) is 0 Å². The van der Waals surface area contributed by atoms with Crippen LogP contribution in [-0.4, -0.2) is 91.0 Å². The van der Waals surface area contributed by atoms with Crippen LogP contribution in [0.4, 0.5) is 0 Å². The Hall–Kier alpha value is 0.0169. The molecule has 0 radical (unpaired) electrons. The summed E-state index contributed by atoms with van der Waals surface area (Å²) in [5.74, 6) is 0. The summed E-state index contributed by atoms with van der Waals surface area (Å²) in [7, 11) is 6.90. The number of nitrogens with zero attached hydrogens (tertiary/aromatic N) is 2. The molecule has 3 fully saturated rings. The molecule has 0 aliphatic carbocycles. The number of quaternary nitrogens is 2. The first-order valence-electron chi connectivity index (χ1n) is 13.3. The van der Waals surface area contributed by atoms with Crippen LogP contribution >= 0.6 is 0 Å². The van der Waals surface area contributed by atoms with Crippen LogP contribution in [0.15, 0.2) is 0 Å². The average molecular weight is 459 g/mol. The molecule has 0 amide bonds. The molecule has 1 unspecified atom stereocenters. The summed E-state index contributed by atoms with van der Waals surface area (Å²) in [4.78, 5) is 0. The van der Waals surface area contributed by atoms with Gasteiger partial charge in [0.1, 0.15) is 5.54 Å². The molecule has 3 aliphatic rings. The SMILES string of the molecule is CCCCCC[N+](C)(CCCCC)CCC[Si]12OCCC([N+](C)(C)C)(CCO1)CCO2. The van der Waals surface area contributed by atoms with Crippen LogP contribution in [0.25, 0.3) is 0 Å². The van der Waals surface area contributed by atoms with Gasteiger partial charge in [0.25, 0.3) is 0 Å². The van der Waals surface area contributed by atoms with Crippen molar-refractivity contribution in [2.45, 2.75) is 96.1 Å². The molecule has 3 rings (SSSR count). The lowest BCUT2D eigenvalue weighted by atomic mass is 9.85. The number of hydrogen-bond acceptors (Lipinski definition) is 3. The predicted octanol–water partition coefficient (Wildman–Crippen LogP) is 5.22. The summed E-state index contributed by atoms with van der Waals surface area (Å²) in [6.07, 6.45) is 13.9. The zero-order valence-corrected chi connectivity index (χ0v) is 22.8. The molecule has 3 aliphatic heterocycles. The largest absolute Gasteiger partial charge is 0.501 e. The Morgan fingerprint density at radius 3 is 1.58 bits per heavy atom. The molecule has 184 valence electrons. The van der Waals surface area contributed by atoms with Gasteiger partial charge >= 0.3 is 8.80 Å². The van der Waals surface area contributed by atoms with Gasteiger partial charge in [0.2, 0.25) is 0 Å². The lowest BCUT2D eigenvalue weighted by Crippen LogP contribution is -2.63. The predicted molar refractivity (Wildman–Crippen MR) is 132 cm³/mol. The molecule has 0 aromatic carbocycles. The lowest BCUT2D eigenvalue weighted by Gasteiger charge is -2.50.